The van der Waals surface area contributed by atoms with Gasteiger partial charge in [0, 0.05) is 5.56 Å². The van der Waals surface area contributed by atoms with Crippen molar-refractivity contribution in [3.05, 3.63) is 64.2 Å². The zero-order valence-electron chi connectivity index (χ0n) is 19.6. The van der Waals surface area contributed by atoms with Gasteiger partial charge < -0.3 is 9.47 Å². The van der Waals surface area contributed by atoms with Crippen molar-refractivity contribution in [2.45, 2.75) is 79.1 Å². The minimum atomic E-state index is -0.447. The monoisotopic (exact) mass is 424 g/mol. The molecule has 0 aliphatic heterocycles. The molecule has 168 valence electrons. The number of aryl methyl sites for hydroxylation is 3. The maximum atomic E-state index is 12.9. The summed E-state index contributed by atoms with van der Waals surface area (Å²) in [7, 11) is 0. The van der Waals surface area contributed by atoms with Gasteiger partial charge in [-0.25, -0.2) is 4.79 Å². The van der Waals surface area contributed by atoms with E-state index >= 15 is 0 Å². The molecule has 0 aliphatic rings. The highest BCUT2D eigenvalue weighted by Crippen LogP contribution is 2.36. The Morgan fingerprint density at radius 3 is 2.23 bits per heavy atom. The van der Waals surface area contributed by atoms with Crippen LogP contribution in [-0.2, 0) is 16.0 Å². The van der Waals surface area contributed by atoms with Gasteiger partial charge in [0.05, 0.1) is 18.1 Å². The summed E-state index contributed by atoms with van der Waals surface area (Å²) < 4.78 is 11.2. The van der Waals surface area contributed by atoms with Crippen LogP contribution < -0.4 is 4.74 Å². The van der Waals surface area contributed by atoms with Gasteiger partial charge in [-0.2, -0.15) is 0 Å². The molecule has 2 aromatic rings. The van der Waals surface area contributed by atoms with Crippen LogP contribution in [0.15, 0.2) is 36.4 Å². The molecule has 1 atom stereocenters. The number of benzene rings is 2. The number of carbonyl (C=O) groups excluding carboxylic acids is 2. The van der Waals surface area contributed by atoms with E-state index in [1.807, 2.05) is 50.2 Å². The first-order valence-electron chi connectivity index (χ1n) is 11.5. The smallest absolute Gasteiger partial charge is 0.343 e. The molecule has 2 rings (SSSR count). The number of hydrogen-bond donors (Lipinski definition) is 0. The van der Waals surface area contributed by atoms with Crippen LogP contribution in [0.3, 0.4) is 0 Å². The van der Waals surface area contributed by atoms with Crippen LogP contribution in [0.5, 0.6) is 5.75 Å². The summed E-state index contributed by atoms with van der Waals surface area (Å²) in [5.74, 6) is -0.649. The lowest BCUT2D eigenvalue weighted by Gasteiger charge is -2.21. The number of unbranched alkanes of at least 4 members (excludes halogenated alkanes) is 2. The maximum absolute atomic E-state index is 12.9. The molecule has 0 saturated heterocycles. The van der Waals surface area contributed by atoms with Crippen LogP contribution in [0, 0.1) is 13.8 Å². The third-order valence-corrected chi connectivity index (χ3v) is 5.44. The molecule has 0 N–H and O–H groups in total. The summed E-state index contributed by atoms with van der Waals surface area (Å²) in [4.78, 5) is 25.7. The first kappa shape index (κ1) is 24.6. The van der Waals surface area contributed by atoms with E-state index in [0.717, 1.165) is 48.8 Å². The van der Waals surface area contributed by atoms with Gasteiger partial charge in [0.15, 0.2) is 0 Å². The van der Waals surface area contributed by atoms with Crippen LogP contribution in [-0.4, -0.2) is 18.5 Å². The third kappa shape index (κ3) is 6.95. The van der Waals surface area contributed by atoms with Gasteiger partial charge >= 0.3 is 11.9 Å². The quantitative estimate of drug-likeness (QED) is 0.297. The second kappa shape index (κ2) is 12.3. The molecule has 31 heavy (non-hydrogen) atoms. The first-order chi connectivity index (χ1) is 14.9. The van der Waals surface area contributed by atoms with E-state index in [-0.39, 0.29) is 5.97 Å². The highest BCUT2D eigenvalue weighted by Gasteiger charge is 2.27. The Kier molecular flexibility index (Phi) is 9.77. The summed E-state index contributed by atoms with van der Waals surface area (Å²) >= 11 is 0. The van der Waals surface area contributed by atoms with Gasteiger partial charge in [-0.1, -0.05) is 62.9 Å². The van der Waals surface area contributed by atoms with Gasteiger partial charge in [0.1, 0.15) is 5.75 Å². The van der Waals surface area contributed by atoms with Crippen molar-refractivity contribution in [1.29, 1.82) is 0 Å². The Bertz CT molecular complexity index is 868. The van der Waals surface area contributed by atoms with Crippen molar-refractivity contribution in [2.75, 3.05) is 6.61 Å². The molecule has 0 bridgehead atoms. The predicted molar refractivity (Wildman–Crippen MR) is 125 cm³/mol. The lowest BCUT2D eigenvalue weighted by atomic mass is 9.90. The lowest BCUT2D eigenvalue weighted by Crippen LogP contribution is -2.19. The minimum absolute atomic E-state index is 0.265. The molecule has 1 unspecified atom stereocenters. The zero-order chi connectivity index (χ0) is 22.8. The van der Waals surface area contributed by atoms with Gasteiger partial charge in [0.2, 0.25) is 0 Å². The molecule has 4 nitrogen and oxygen atoms in total. The molecule has 2 aromatic carbocycles. The highest BCUT2D eigenvalue weighted by atomic mass is 16.5. The maximum Gasteiger partial charge on any atom is 0.343 e. The topological polar surface area (TPSA) is 52.6 Å². The molecular formula is C27H36O4. The van der Waals surface area contributed by atoms with E-state index in [9.17, 15) is 9.59 Å². The molecule has 0 heterocycles. The highest BCUT2D eigenvalue weighted by molar-refractivity contribution is 5.92. The van der Waals surface area contributed by atoms with E-state index < -0.39 is 11.9 Å². The van der Waals surface area contributed by atoms with Crippen LogP contribution in [0.4, 0.5) is 0 Å². The number of ether oxygens (including phenoxy) is 2. The molecular weight excluding hydrogens is 388 g/mol. The fraction of sp³-hybridized carbons (Fsp3) is 0.481. The number of hydrogen-bond acceptors (Lipinski definition) is 4. The molecule has 0 spiro atoms. The van der Waals surface area contributed by atoms with Crippen molar-refractivity contribution in [1.82, 2.24) is 0 Å². The number of rotatable bonds is 11. The van der Waals surface area contributed by atoms with Crippen LogP contribution in [0.2, 0.25) is 0 Å². The summed E-state index contributed by atoms with van der Waals surface area (Å²) in [6.45, 7) is 10.3. The summed E-state index contributed by atoms with van der Waals surface area (Å²) in [6.07, 6.45) is 5.80. The van der Waals surface area contributed by atoms with Crippen molar-refractivity contribution in [3.8, 4) is 5.75 Å². The van der Waals surface area contributed by atoms with Crippen LogP contribution in [0.25, 0.3) is 0 Å². The Hall–Kier alpha value is -2.62. The predicted octanol–water partition coefficient (Wildman–Crippen LogP) is 6.70. The largest absolute Gasteiger partial charge is 0.466 e. The minimum Gasteiger partial charge on any atom is -0.466 e. The average Bonchev–Trinajstić information content (AvgIpc) is 2.75. The van der Waals surface area contributed by atoms with Crippen molar-refractivity contribution in [3.63, 3.8) is 0 Å². The molecule has 0 amide bonds. The molecule has 0 fully saturated rings. The fourth-order valence-corrected chi connectivity index (χ4v) is 3.78. The molecule has 0 saturated carbocycles. The number of carbonyl (C=O) groups is 2. The van der Waals surface area contributed by atoms with Crippen LogP contribution in [0.1, 0.15) is 91.4 Å². The van der Waals surface area contributed by atoms with E-state index in [2.05, 4.69) is 13.8 Å². The SMILES string of the molecule is CCCCc1ccc(C(=O)Oc2c(C)cc(C)cc2C(CCCC)C(=O)OCC)cc1. The Morgan fingerprint density at radius 1 is 0.935 bits per heavy atom. The van der Waals surface area contributed by atoms with E-state index in [0.29, 0.717) is 24.3 Å². The van der Waals surface area contributed by atoms with Crippen molar-refractivity contribution < 1.29 is 19.1 Å². The Labute approximate surface area is 187 Å². The van der Waals surface area contributed by atoms with Gasteiger partial charge in [-0.3, -0.25) is 4.79 Å². The van der Waals surface area contributed by atoms with Crippen molar-refractivity contribution in [2.24, 2.45) is 0 Å². The fourth-order valence-electron chi connectivity index (χ4n) is 3.78. The third-order valence-electron chi connectivity index (χ3n) is 5.44. The Morgan fingerprint density at radius 2 is 1.61 bits per heavy atom. The first-order valence-corrected chi connectivity index (χ1v) is 11.5. The molecule has 0 aliphatic carbocycles. The van der Waals surface area contributed by atoms with Gasteiger partial charge in [0.25, 0.3) is 0 Å². The van der Waals surface area contributed by atoms with E-state index in [4.69, 9.17) is 9.47 Å². The summed E-state index contributed by atoms with van der Waals surface area (Å²) in [5, 5.41) is 0. The van der Waals surface area contributed by atoms with Crippen molar-refractivity contribution >= 4 is 11.9 Å². The second-order valence-electron chi connectivity index (χ2n) is 8.14. The van der Waals surface area contributed by atoms with Gasteiger partial charge in [-0.15, -0.1) is 0 Å². The number of esters is 2. The normalized spacial score (nSPS) is 11.8. The van der Waals surface area contributed by atoms with E-state index in [1.165, 1.54) is 5.56 Å². The van der Waals surface area contributed by atoms with Crippen LogP contribution >= 0.6 is 0 Å². The molecule has 0 radical (unpaired) electrons. The second-order valence-corrected chi connectivity index (χ2v) is 8.14. The van der Waals surface area contributed by atoms with E-state index in [1.54, 1.807) is 6.92 Å². The Balaban J connectivity index is 2.34. The lowest BCUT2D eigenvalue weighted by molar-refractivity contribution is -0.145. The average molecular weight is 425 g/mol. The van der Waals surface area contributed by atoms with Gasteiger partial charge in [-0.05, 0) is 63.3 Å². The zero-order valence-corrected chi connectivity index (χ0v) is 19.6. The molecule has 4 heteroatoms. The summed E-state index contributed by atoms with van der Waals surface area (Å²) in [5.41, 5.74) is 4.32. The summed E-state index contributed by atoms with van der Waals surface area (Å²) in [6, 6.07) is 11.5. The standard InChI is InChI=1S/C27H36O4/c1-6-9-11-21-13-15-22(16-14-21)26(28)31-25-20(5)17-19(4)18-24(25)23(12-10-7-2)27(29)30-8-3/h13-18,23H,6-12H2,1-5H3. The molecule has 0 aromatic heterocycles.